The summed E-state index contributed by atoms with van der Waals surface area (Å²) >= 11 is 0. The highest BCUT2D eigenvalue weighted by atomic mass is 16.5. The lowest BCUT2D eigenvalue weighted by Crippen LogP contribution is -2.34. The first-order valence-corrected chi connectivity index (χ1v) is 15.5. The molecule has 8 rings (SSSR count). The van der Waals surface area contributed by atoms with Gasteiger partial charge in [0.25, 0.3) is 0 Å². The molecule has 4 aliphatic heterocycles. The zero-order chi connectivity index (χ0) is 31.2. The lowest BCUT2D eigenvalue weighted by molar-refractivity contribution is 0.224. The lowest BCUT2D eigenvalue weighted by Gasteiger charge is -2.37. The van der Waals surface area contributed by atoms with E-state index in [1.807, 2.05) is 24.3 Å². The van der Waals surface area contributed by atoms with Gasteiger partial charge in [-0.3, -0.25) is 9.80 Å². The Morgan fingerprint density at radius 1 is 0.689 bits per heavy atom. The number of aromatic hydroxyl groups is 1. The molecule has 4 aromatic carbocycles. The Morgan fingerprint density at radius 3 is 2.11 bits per heavy atom. The van der Waals surface area contributed by atoms with Crippen molar-refractivity contribution in [1.82, 2.24) is 9.80 Å². The van der Waals surface area contributed by atoms with Crippen LogP contribution in [0.1, 0.15) is 45.5 Å². The van der Waals surface area contributed by atoms with E-state index in [1.54, 1.807) is 27.4 Å². The molecule has 0 unspecified atom stereocenters. The molecule has 4 aromatic rings. The van der Waals surface area contributed by atoms with Gasteiger partial charge in [0.1, 0.15) is 5.75 Å². The predicted octanol–water partition coefficient (Wildman–Crippen LogP) is 6.86. The number of nitrogens with zero attached hydrogens (tertiary/aromatic N) is 2. The van der Waals surface area contributed by atoms with Gasteiger partial charge >= 0.3 is 0 Å². The highest BCUT2D eigenvalue weighted by Crippen LogP contribution is 2.51. The first-order valence-electron chi connectivity index (χ1n) is 15.5. The van der Waals surface area contributed by atoms with Crippen molar-refractivity contribution < 1.29 is 28.8 Å². The fraction of sp³-hybridized carbons (Fsp3) is 0.351. The largest absolute Gasteiger partial charge is 0.504 e. The van der Waals surface area contributed by atoms with E-state index in [-0.39, 0.29) is 17.8 Å². The maximum atomic E-state index is 10.7. The van der Waals surface area contributed by atoms with Gasteiger partial charge in [0.05, 0.1) is 21.3 Å². The Kier molecular flexibility index (Phi) is 7.71. The van der Waals surface area contributed by atoms with Crippen LogP contribution in [0, 0.1) is 0 Å². The van der Waals surface area contributed by atoms with Crippen LogP contribution in [-0.4, -0.2) is 63.4 Å². The summed E-state index contributed by atoms with van der Waals surface area (Å²) in [5.41, 5.74) is 6.95. The number of benzene rings is 4. The molecule has 8 nitrogen and oxygen atoms in total. The summed E-state index contributed by atoms with van der Waals surface area (Å²) in [5.74, 6) is 4.46. The van der Waals surface area contributed by atoms with Crippen LogP contribution in [0.4, 0.5) is 0 Å². The van der Waals surface area contributed by atoms with Crippen LogP contribution < -0.4 is 23.7 Å². The number of hydrogen-bond donors (Lipinski definition) is 1. The molecule has 234 valence electrons. The minimum absolute atomic E-state index is 0.0833. The Labute approximate surface area is 264 Å². The molecule has 10 bridgehead atoms. The first kappa shape index (κ1) is 29.3. The molecule has 0 saturated carbocycles. The molecule has 0 fully saturated rings. The van der Waals surface area contributed by atoms with Crippen molar-refractivity contribution in [2.45, 2.75) is 37.8 Å². The van der Waals surface area contributed by atoms with E-state index >= 15 is 0 Å². The van der Waals surface area contributed by atoms with Gasteiger partial charge in [-0.25, -0.2) is 0 Å². The second-order valence-electron chi connectivity index (χ2n) is 12.3. The van der Waals surface area contributed by atoms with Gasteiger partial charge in [0.15, 0.2) is 34.5 Å². The summed E-state index contributed by atoms with van der Waals surface area (Å²) in [4.78, 5) is 4.76. The summed E-state index contributed by atoms with van der Waals surface area (Å²) in [6.07, 6.45) is 3.24. The van der Waals surface area contributed by atoms with Crippen molar-refractivity contribution in [3.05, 3.63) is 94.0 Å². The standard InChI is InChI=1S/C37H40N2O6/c1-38-14-12-24-19-33(41-3)34-20-27(24)29(38)17-23-8-11-31(40)32(18-23)44-25-9-6-22(7-10-25)16-30-28-21-35(42-4)37(43-5)36(45-34)26(28)13-15-39(30)2/h6-11,18-21,29-30,40H,12-17H2,1-5H3/t29-,30+/m0/s1. The summed E-state index contributed by atoms with van der Waals surface area (Å²) in [5, 5.41) is 10.7. The van der Waals surface area contributed by atoms with Gasteiger partial charge in [-0.15, -0.1) is 0 Å². The Morgan fingerprint density at radius 2 is 1.38 bits per heavy atom. The molecule has 0 aliphatic carbocycles. The number of phenols is 1. The van der Waals surface area contributed by atoms with Crippen LogP contribution in [0.2, 0.25) is 0 Å². The summed E-state index contributed by atoms with van der Waals surface area (Å²) in [6, 6.07) is 20.3. The number of phenolic OH excluding ortho intramolecular Hbond substituents is 1. The van der Waals surface area contributed by atoms with Crippen molar-refractivity contribution in [3.8, 4) is 46.0 Å². The zero-order valence-electron chi connectivity index (χ0n) is 26.6. The van der Waals surface area contributed by atoms with E-state index in [0.717, 1.165) is 55.5 Å². The van der Waals surface area contributed by atoms with Gasteiger partial charge < -0.3 is 28.8 Å². The summed E-state index contributed by atoms with van der Waals surface area (Å²) < 4.78 is 30.9. The summed E-state index contributed by atoms with van der Waals surface area (Å²) in [6.45, 7) is 1.79. The zero-order valence-corrected chi connectivity index (χ0v) is 26.6. The van der Waals surface area contributed by atoms with Crippen molar-refractivity contribution >= 4 is 0 Å². The number of hydrogen-bond acceptors (Lipinski definition) is 8. The Bertz CT molecular complexity index is 1740. The highest BCUT2D eigenvalue weighted by molar-refractivity contribution is 5.63. The van der Waals surface area contributed by atoms with Crippen LogP contribution in [0.3, 0.4) is 0 Å². The maximum Gasteiger partial charge on any atom is 0.204 e. The molecule has 0 saturated heterocycles. The molecular weight excluding hydrogens is 568 g/mol. The smallest absolute Gasteiger partial charge is 0.204 e. The molecule has 4 aliphatic rings. The van der Waals surface area contributed by atoms with Crippen LogP contribution in [0.5, 0.6) is 46.0 Å². The average Bonchev–Trinajstić information content (AvgIpc) is 3.05. The molecule has 2 atom stereocenters. The molecule has 4 heterocycles. The molecule has 0 spiro atoms. The molecule has 0 aromatic heterocycles. The predicted molar refractivity (Wildman–Crippen MR) is 173 cm³/mol. The third kappa shape index (κ3) is 5.32. The minimum atomic E-state index is 0.0833. The van der Waals surface area contributed by atoms with Crippen LogP contribution in [0.15, 0.2) is 60.7 Å². The number of methoxy groups -OCH3 is 3. The lowest BCUT2D eigenvalue weighted by atomic mass is 9.87. The molecule has 1 N–H and O–H groups in total. The fourth-order valence-electron chi connectivity index (χ4n) is 7.11. The molecule has 8 heteroatoms. The maximum absolute atomic E-state index is 10.7. The van der Waals surface area contributed by atoms with E-state index in [4.69, 9.17) is 23.7 Å². The van der Waals surface area contributed by atoms with E-state index < -0.39 is 0 Å². The van der Waals surface area contributed by atoms with Crippen molar-refractivity contribution in [2.24, 2.45) is 0 Å². The normalized spacial score (nSPS) is 19.4. The number of fused-ring (bicyclic) bond motifs is 2. The van der Waals surface area contributed by atoms with Gasteiger partial charge in [0.2, 0.25) is 5.75 Å². The molecule has 45 heavy (non-hydrogen) atoms. The number of likely N-dealkylation sites (N-methyl/N-ethyl adjacent to an activating group) is 2. The third-order valence-electron chi connectivity index (χ3n) is 9.66. The van der Waals surface area contributed by atoms with Gasteiger partial charge in [-0.1, -0.05) is 18.2 Å². The third-order valence-corrected chi connectivity index (χ3v) is 9.66. The average molecular weight is 609 g/mol. The van der Waals surface area contributed by atoms with E-state index in [9.17, 15) is 5.11 Å². The summed E-state index contributed by atoms with van der Waals surface area (Å²) in [7, 11) is 9.34. The van der Waals surface area contributed by atoms with E-state index in [2.05, 4.69) is 54.2 Å². The van der Waals surface area contributed by atoms with Crippen LogP contribution in [-0.2, 0) is 25.7 Å². The second kappa shape index (κ2) is 11.8. The van der Waals surface area contributed by atoms with Crippen molar-refractivity contribution in [1.29, 1.82) is 0 Å². The SMILES string of the molecule is COc1cc2c3cc1Oc1c4c(cc(OC)c1OC)[C@@H](Cc1ccc(cc1)Oc1cc(ccc1O)C[C@@H]3N(C)CC2)N(C)CC4. The highest BCUT2D eigenvalue weighted by Gasteiger charge is 2.33. The minimum Gasteiger partial charge on any atom is -0.504 e. The Hall–Kier alpha value is -4.40. The van der Waals surface area contributed by atoms with Crippen LogP contribution in [0.25, 0.3) is 0 Å². The van der Waals surface area contributed by atoms with Crippen molar-refractivity contribution in [3.63, 3.8) is 0 Å². The first-order chi connectivity index (χ1) is 21.9. The van der Waals surface area contributed by atoms with E-state index in [1.165, 1.54) is 16.7 Å². The topological polar surface area (TPSA) is 72.9 Å². The monoisotopic (exact) mass is 608 g/mol. The number of ether oxygens (including phenoxy) is 5. The number of rotatable bonds is 3. The second-order valence-corrected chi connectivity index (χ2v) is 12.3. The van der Waals surface area contributed by atoms with Gasteiger partial charge in [0, 0.05) is 30.7 Å². The fourth-order valence-corrected chi connectivity index (χ4v) is 7.11. The molecule has 0 radical (unpaired) electrons. The molecular formula is C37H40N2O6. The molecule has 0 amide bonds. The van der Waals surface area contributed by atoms with Crippen molar-refractivity contribution in [2.75, 3.05) is 48.5 Å². The van der Waals surface area contributed by atoms with Crippen LogP contribution >= 0.6 is 0 Å². The quantitative estimate of drug-likeness (QED) is 0.271. The van der Waals surface area contributed by atoms with Gasteiger partial charge in [-0.05, 0) is 110 Å². The van der Waals surface area contributed by atoms with Gasteiger partial charge in [-0.2, -0.15) is 0 Å². The Balaban J connectivity index is 1.45. The van der Waals surface area contributed by atoms with E-state index in [0.29, 0.717) is 40.2 Å².